The van der Waals surface area contributed by atoms with Gasteiger partial charge in [-0.3, -0.25) is 10.1 Å². The Bertz CT molecular complexity index is 276. The smallest absolute Gasteiger partial charge is 0.251 e. The van der Waals surface area contributed by atoms with Gasteiger partial charge in [-0.15, -0.1) is 0 Å². The Kier molecular flexibility index (Phi) is 3.37. The first-order valence-corrected chi connectivity index (χ1v) is 5.45. The lowest BCUT2D eigenvalue weighted by Gasteiger charge is -2.21. The molecule has 86 valence electrons. The fourth-order valence-corrected chi connectivity index (χ4v) is 1.47. The summed E-state index contributed by atoms with van der Waals surface area (Å²) in [7, 11) is 0. The van der Waals surface area contributed by atoms with Crippen molar-refractivity contribution in [2.24, 2.45) is 10.9 Å². The number of guanidine groups is 1. The summed E-state index contributed by atoms with van der Waals surface area (Å²) in [5.41, 5.74) is -0.0706. The van der Waals surface area contributed by atoms with Crippen LogP contribution in [-0.4, -0.2) is 23.4 Å². The monoisotopic (exact) mass is 211 g/mol. The summed E-state index contributed by atoms with van der Waals surface area (Å²) in [6.45, 7) is 10.3. The SMILES string of the molecule is CC(C)CC1N=C(NC(C)(C)C)NC1=O. The summed E-state index contributed by atoms with van der Waals surface area (Å²) < 4.78 is 0. The molecule has 1 aliphatic heterocycles. The van der Waals surface area contributed by atoms with Gasteiger partial charge in [-0.2, -0.15) is 0 Å². The molecule has 0 aromatic rings. The molecule has 15 heavy (non-hydrogen) atoms. The predicted molar refractivity (Wildman–Crippen MR) is 61.7 cm³/mol. The number of amides is 1. The van der Waals surface area contributed by atoms with Crippen LogP contribution in [0.1, 0.15) is 41.0 Å². The highest BCUT2D eigenvalue weighted by atomic mass is 16.2. The van der Waals surface area contributed by atoms with Crippen LogP contribution < -0.4 is 10.6 Å². The van der Waals surface area contributed by atoms with E-state index in [-0.39, 0.29) is 17.5 Å². The van der Waals surface area contributed by atoms with Gasteiger partial charge in [0.2, 0.25) is 0 Å². The van der Waals surface area contributed by atoms with Crippen LogP contribution in [0, 0.1) is 5.92 Å². The molecule has 0 radical (unpaired) electrons. The first-order chi connectivity index (χ1) is 6.78. The molecule has 0 bridgehead atoms. The summed E-state index contributed by atoms with van der Waals surface area (Å²) in [5, 5.41) is 5.94. The maximum Gasteiger partial charge on any atom is 0.251 e. The van der Waals surface area contributed by atoms with Gasteiger partial charge < -0.3 is 5.32 Å². The number of hydrogen-bond acceptors (Lipinski definition) is 3. The van der Waals surface area contributed by atoms with E-state index in [4.69, 9.17) is 0 Å². The molecule has 0 aromatic heterocycles. The van der Waals surface area contributed by atoms with Crippen molar-refractivity contribution < 1.29 is 4.79 Å². The molecule has 1 amide bonds. The van der Waals surface area contributed by atoms with Crippen molar-refractivity contribution in [3.05, 3.63) is 0 Å². The predicted octanol–water partition coefficient (Wildman–Crippen LogP) is 1.27. The Morgan fingerprint density at radius 1 is 1.47 bits per heavy atom. The second kappa shape index (κ2) is 4.21. The maximum atomic E-state index is 11.5. The molecule has 0 aromatic carbocycles. The number of nitrogens with zero attached hydrogens (tertiary/aromatic N) is 1. The minimum atomic E-state index is -0.213. The summed E-state index contributed by atoms with van der Waals surface area (Å²) in [4.78, 5) is 15.9. The number of hydrogen-bond donors (Lipinski definition) is 2. The van der Waals surface area contributed by atoms with E-state index in [1.807, 2.05) is 20.8 Å². The van der Waals surface area contributed by atoms with Crippen LogP contribution in [0.25, 0.3) is 0 Å². The van der Waals surface area contributed by atoms with Gasteiger partial charge in [-0.25, -0.2) is 4.99 Å². The highest BCUT2D eigenvalue weighted by molar-refractivity contribution is 6.05. The lowest BCUT2D eigenvalue weighted by Crippen LogP contribution is -2.46. The van der Waals surface area contributed by atoms with Crippen LogP contribution in [0.4, 0.5) is 0 Å². The highest BCUT2D eigenvalue weighted by Crippen LogP contribution is 2.12. The fourth-order valence-electron chi connectivity index (χ4n) is 1.47. The Morgan fingerprint density at radius 3 is 2.53 bits per heavy atom. The van der Waals surface area contributed by atoms with Crippen molar-refractivity contribution in [2.75, 3.05) is 0 Å². The fraction of sp³-hybridized carbons (Fsp3) is 0.818. The zero-order chi connectivity index (χ0) is 11.6. The Hall–Kier alpha value is -1.06. The Labute approximate surface area is 91.5 Å². The van der Waals surface area contributed by atoms with E-state index in [1.54, 1.807) is 0 Å². The molecule has 2 N–H and O–H groups in total. The van der Waals surface area contributed by atoms with Crippen LogP contribution in [0.5, 0.6) is 0 Å². The minimum absolute atomic E-state index is 0.00968. The third-order valence-electron chi connectivity index (χ3n) is 2.02. The first-order valence-electron chi connectivity index (χ1n) is 5.45. The molecule has 4 nitrogen and oxygen atoms in total. The zero-order valence-corrected chi connectivity index (χ0v) is 10.2. The van der Waals surface area contributed by atoms with Gasteiger partial charge in [0.15, 0.2) is 5.96 Å². The van der Waals surface area contributed by atoms with Crippen LogP contribution in [0.3, 0.4) is 0 Å². The number of rotatable bonds is 2. The molecule has 1 atom stereocenters. The molecule has 1 unspecified atom stereocenters. The third kappa shape index (κ3) is 3.90. The second-order valence-corrected chi connectivity index (χ2v) is 5.49. The van der Waals surface area contributed by atoms with Gasteiger partial charge >= 0.3 is 0 Å². The minimum Gasteiger partial charge on any atom is -0.351 e. The first kappa shape index (κ1) is 12.0. The molecule has 0 spiro atoms. The lowest BCUT2D eigenvalue weighted by molar-refractivity contribution is -0.120. The van der Waals surface area contributed by atoms with Gasteiger partial charge in [0.05, 0.1) is 0 Å². The molecule has 1 aliphatic rings. The average molecular weight is 211 g/mol. The van der Waals surface area contributed by atoms with Crippen molar-refractivity contribution in [2.45, 2.75) is 52.6 Å². The lowest BCUT2D eigenvalue weighted by atomic mass is 10.0. The molecule has 1 heterocycles. The average Bonchev–Trinajstić information content (AvgIpc) is 2.26. The summed E-state index contributed by atoms with van der Waals surface area (Å²) in [5.74, 6) is 1.10. The van der Waals surface area contributed by atoms with Crippen LogP contribution in [-0.2, 0) is 4.79 Å². The van der Waals surface area contributed by atoms with Gasteiger partial charge in [0, 0.05) is 5.54 Å². The standard InChI is InChI=1S/C11H21N3O/c1-7(2)6-8-9(15)13-10(12-8)14-11(3,4)5/h7-8H,6H2,1-5H3,(H2,12,13,14,15). The number of aliphatic imine (C=N–C) groups is 1. The van der Waals surface area contributed by atoms with E-state index < -0.39 is 0 Å². The molecule has 0 aliphatic carbocycles. The van der Waals surface area contributed by atoms with E-state index in [2.05, 4.69) is 29.5 Å². The van der Waals surface area contributed by atoms with Crippen molar-refractivity contribution in [3.8, 4) is 0 Å². The van der Waals surface area contributed by atoms with Crippen LogP contribution >= 0.6 is 0 Å². The van der Waals surface area contributed by atoms with E-state index in [1.165, 1.54) is 0 Å². The maximum absolute atomic E-state index is 11.5. The summed E-state index contributed by atoms with van der Waals surface area (Å²) >= 11 is 0. The zero-order valence-electron chi connectivity index (χ0n) is 10.2. The Morgan fingerprint density at radius 2 is 2.07 bits per heavy atom. The summed E-state index contributed by atoms with van der Waals surface area (Å²) in [6.07, 6.45) is 0.807. The van der Waals surface area contributed by atoms with Crippen LogP contribution in [0.2, 0.25) is 0 Å². The Balaban J connectivity index is 2.59. The highest BCUT2D eigenvalue weighted by Gasteiger charge is 2.28. The van der Waals surface area contributed by atoms with Crippen LogP contribution in [0.15, 0.2) is 4.99 Å². The normalized spacial score (nSPS) is 21.6. The molecular formula is C11H21N3O. The van der Waals surface area contributed by atoms with Crippen molar-refractivity contribution in [1.29, 1.82) is 0 Å². The van der Waals surface area contributed by atoms with Crippen molar-refractivity contribution in [3.63, 3.8) is 0 Å². The quantitative estimate of drug-likeness (QED) is 0.723. The second-order valence-electron chi connectivity index (χ2n) is 5.49. The molecule has 4 heteroatoms. The van der Waals surface area contributed by atoms with Crippen molar-refractivity contribution >= 4 is 11.9 Å². The third-order valence-corrected chi connectivity index (χ3v) is 2.02. The summed E-state index contributed by atoms with van der Waals surface area (Å²) in [6, 6.07) is -0.213. The van der Waals surface area contributed by atoms with E-state index in [9.17, 15) is 4.79 Å². The molecule has 0 saturated heterocycles. The van der Waals surface area contributed by atoms with Gasteiger partial charge in [0.25, 0.3) is 5.91 Å². The molecule has 0 saturated carbocycles. The van der Waals surface area contributed by atoms with Gasteiger partial charge in [-0.05, 0) is 33.1 Å². The molecule has 0 fully saturated rings. The number of carbonyl (C=O) groups is 1. The largest absolute Gasteiger partial charge is 0.351 e. The van der Waals surface area contributed by atoms with E-state index >= 15 is 0 Å². The molecule has 1 rings (SSSR count). The number of carbonyl (C=O) groups excluding carboxylic acids is 1. The molecular weight excluding hydrogens is 190 g/mol. The van der Waals surface area contributed by atoms with Crippen molar-refractivity contribution in [1.82, 2.24) is 10.6 Å². The topological polar surface area (TPSA) is 53.5 Å². The van der Waals surface area contributed by atoms with Gasteiger partial charge in [0.1, 0.15) is 6.04 Å². The van der Waals surface area contributed by atoms with Gasteiger partial charge in [-0.1, -0.05) is 13.8 Å². The number of nitrogens with one attached hydrogen (secondary N) is 2. The van der Waals surface area contributed by atoms with E-state index in [0.717, 1.165) is 6.42 Å². The van der Waals surface area contributed by atoms with E-state index in [0.29, 0.717) is 11.9 Å².